The Hall–Kier alpha value is -3.35. The van der Waals surface area contributed by atoms with Crippen LogP contribution in [0.2, 0.25) is 19.6 Å². The van der Waals surface area contributed by atoms with Gasteiger partial charge in [-0.3, -0.25) is 0 Å². The second-order valence-electron chi connectivity index (χ2n) is 10.3. The highest BCUT2D eigenvalue weighted by molar-refractivity contribution is 6.83. The summed E-state index contributed by atoms with van der Waals surface area (Å²) in [6, 6.07) is 5.45. The summed E-state index contributed by atoms with van der Waals surface area (Å²) in [7, 11) is 2.94. The monoisotopic (exact) mass is 525 g/mol. The largest absolute Gasteiger partial charge is 0.493 e. The van der Waals surface area contributed by atoms with Crippen molar-refractivity contribution in [3.8, 4) is 51.3 Å². The lowest BCUT2D eigenvalue weighted by molar-refractivity contribution is 0.173. The number of nitrogens with zero attached hydrogens (tertiary/aromatic N) is 1. The molecule has 2 heterocycles. The minimum absolute atomic E-state index is 0.0198. The number of fused-ring (bicyclic) bond motifs is 1. The minimum atomic E-state index is -1.74. The van der Waals surface area contributed by atoms with Crippen molar-refractivity contribution in [1.29, 1.82) is 0 Å². The van der Waals surface area contributed by atoms with E-state index < -0.39 is 14.2 Å². The molecule has 2 aromatic carbocycles. The van der Waals surface area contributed by atoms with Crippen molar-refractivity contribution in [2.45, 2.75) is 45.6 Å². The molecule has 0 aliphatic carbocycles. The van der Waals surface area contributed by atoms with Crippen molar-refractivity contribution in [3.63, 3.8) is 0 Å². The molecule has 0 unspecified atom stereocenters. The molecule has 9 heteroatoms. The molecule has 2 aliphatic rings. The molecule has 1 N–H and O–H groups in total. The quantitative estimate of drug-likeness (QED) is 0.409. The topological polar surface area (TPSA) is 88.0 Å². The summed E-state index contributed by atoms with van der Waals surface area (Å²) in [5, 5.41) is 11.3. The van der Waals surface area contributed by atoms with Crippen LogP contribution in [0.25, 0.3) is 11.1 Å². The smallest absolute Gasteiger partial charge is 0.231 e. The van der Waals surface area contributed by atoms with Crippen molar-refractivity contribution in [2.24, 2.45) is 10.9 Å². The second-order valence-corrected chi connectivity index (χ2v) is 15.1. The predicted molar refractivity (Wildman–Crippen MR) is 145 cm³/mol. The van der Waals surface area contributed by atoms with Crippen LogP contribution in [0.1, 0.15) is 31.1 Å². The Bertz CT molecular complexity index is 1270. The van der Waals surface area contributed by atoms with Crippen molar-refractivity contribution >= 4 is 14.0 Å². The highest BCUT2D eigenvalue weighted by atomic mass is 28.3. The number of hydrogen-bond acceptors (Lipinski definition) is 8. The first-order chi connectivity index (χ1) is 17.6. The van der Waals surface area contributed by atoms with E-state index >= 15 is 0 Å². The number of hydrogen-bond donors (Lipinski definition) is 1. The van der Waals surface area contributed by atoms with Crippen LogP contribution in [0.5, 0.6) is 28.7 Å². The van der Waals surface area contributed by atoms with Gasteiger partial charge in [0.15, 0.2) is 23.0 Å². The molecule has 0 amide bonds. The number of benzene rings is 2. The van der Waals surface area contributed by atoms with E-state index in [4.69, 9.17) is 33.4 Å². The SMILES string of the molecule is COc1cc(C2=N[C@@H](C(C)C)CO2)c(-c2cc3c(cc2[C@H](O)C#C[Si](C)(C)C)OCO3)c(OC)c1OC. The Balaban J connectivity index is 2.04. The Morgan fingerprint density at radius 2 is 1.62 bits per heavy atom. The number of ether oxygens (including phenoxy) is 6. The predicted octanol–water partition coefficient (Wildman–Crippen LogP) is 4.82. The molecule has 2 atom stereocenters. The summed E-state index contributed by atoms with van der Waals surface area (Å²) in [5.74, 6) is 6.23. The highest BCUT2D eigenvalue weighted by Gasteiger charge is 2.32. The van der Waals surface area contributed by atoms with Crippen molar-refractivity contribution in [1.82, 2.24) is 0 Å². The Morgan fingerprint density at radius 3 is 2.19 bits per heavy atom. The summed E-state index contributed by atoms with van der Waals surface area (Å²) in [4.78, 5) is 4.87. The van der Waals surface area contributed by atoms with Gasteiger partial charge in [0.05, 0.1) is 32.9 Å². The molecule has 4 rings (SSSR count). The number of methoxy groups -OCH3 is 3. The molecule has 2 aliphatic heterocycles. The maximum Gasteiger partial charge on any atom is 0.231 e. The van der Waals surface area contributed by atoms with E-state index in [0.29, 0.717) is 69.4 Å². The van der Waals surface area contributed by atoms with Gasteiger partial charge in [0.25, 0.3) is 0 Å². The van der Waals surface area contributed by atoms with Crippen molar-refractivity contribution < 1.29 is 33.5 Å². The van der Waals surface area contributed by atoms with Gasteiger partial charge in [-0.05, 0) is 29.7 Å². The molecular weight excluding hydrogens is 490 g/mol. The molecule has 0 fully saturated rings. The molecule has 0 bridgehead atoms. The zero-order valence-corrected chi connectivity index (χ0v) is 23.7. The van der Waals surface area contributed by atoms with Gasteiger partial charge in [-0.15, -0.1) is 5.54 Å². The summed E-state index contributed by atoms with van der Waals surface area (Å²) < 4.78 is 34.7. The standard InChI is InChI=1S/C28H35NO7Si/c1-16(2)20-14-34-28(29-20)19-13-24(31-3)26(32-4)27(33-5)25(19)18-12-23-22(35-15-36-23)11-17(18)21(30)9-10-37(6,7)8/h11-13,16,20-21,30H,14-15H2,1-8H3/t20-,21-/m1/s1. The summed E-state index contributed by atoms with van der Waals surface area (Å²) in [6.45, 7) is 11.2. The van der Waals surface area contributed by atoms with Crippen LogP contribution in [0.3, 0.4) is 0 Å². The fourth-order valence-corrected chi connectivity index (χ4v) is 4.80. The van der Waals surface area contributed by atoms with Gasteiger partial charge in [0.1, 0.15) is 20.8 Å². The first-order valence-corrected chi connectivity index (χ1v) is 15.8. The van der Waals surface area contributed by atoms with Crippen LogP contribution in [-0.2, 0) is 4.74 Å². The van der Waals surface area contributed by atoms with Crippen LogP contribution in [0.15, 0.2) is 23.2 Å². The fraction of sp³-hybridized carbons (Fsp3) is 0.464. The summed E-state index contributed by atoms with van der Waals surface area (Å²) in [5.41, 5.74) is 5.76. The van der Waals surface area contributed by atoms with Gasteiger partial charge in [-0.25, -0.2) is 4.99 Å². The Morgan fingerprint density at radius 1 is 0.946 bits per heavy atom. The molecule has 0 saturated heterocycles. The third-order valence-corrected chi connectivity index (χ3v) is 7.09. The van der Waals surface area contributed by atoms with Crippen LogP contribution in [0.4, 0.5) is 0 Å². The van der Waals surface area contributed by atoms with Gasteiger partial charge in [-0.1, -0.05) is 39.4 Å². The van der Waals surface area contributed by atoms with E-state index in [1.807, 2.05) is 12.1 Å². The summed E-state index contributed by atoms with van der Waals surface area (Å²) in [6.07, 6.45) is -1.07. The molecule has 0 spiro atoms. The average molecular weight is 526 g/mol. The number of rotatable bonds is 7. The Labute approximate surface area is 219 Å². The third-order valence-electron chi connectivity index (χ3n) is 6.20. The molecule has 0 aromatic heterocycles. The van der Waals surface area contributed by atoms with Crippen molar-refractivity contribution in [2.75, 3.05) is 34.7 Å². The maximum atomic E-state index is 11.3. The Kier molecular flexibility index (Phi) is 7.62. The zero-order valence-electron chi connectivity index (χ0n) is 22.7. The van der Waals surface area contributed by atoms with E-state index in [0.717, 1.165) is 0 Å². The fourth-order valence-electron chi connectivity index (χ4n) is 4.23. The lowest BCUT2D eigenvalue weighted by Gasteiger charge is -2.22. The molecule has 198 valence electrons. The van der Waals surface area contributed by atoms with Crippen LogP contribution in [-0.4, -0.2) is 59.8 Å². The third kappa shape index (κ3) is 5.36. The van der Waals surface area contributed by atoms with E-state index in [1.165, 1.54) is 0 Å². The molecule has 0 saturated carbocycles. The van der Waals surface area contributed by atoms with Crippen LogP contribution >= 0.6 is 0 Å². The van der Waals surface area contributed by atoms with Crippen LogP contribution < -0.4 is 23.7 Å². The van der Waals surface area contributed by atoms with Gasteiger partial charge in [-0.2, -0.15) is 0 Å². The normalized spacial score (nSPS) is 17.0. The number of aliphatic imine (C=N–C) groups is 1. The van der Waals surface area contributed by atoms with E-state index in [9.17, 15) is 5.11 Å². The van der Waals surface area contributed by atoms with Crippen molar-refractivity contribution in [3.05, 3.63) is 29.3 Å². The van der Waals surface area contributed by atoms with E-state index in [1.54, 1.807) is 27.4 Å². The molecule has 2 aromatic rings. The van der Waals surface area contributed by atoms with Gasteiger partial charge >= 0.3 is 0 Å². The minimum Gasteiger partial charge on any atom is -0.493 e. The van der Waals surface area contributed by atoms with Crippen LogP contribution in [0, 0.1) is 17.4 Å². The average Bonchev–Trinajstić information content (AvgIpc) is 3.54. The first kappa shape index (κ1) is 26.7. The lowest BCUT2D eigenvalue weighted by atomic mass is 9.90. The highest BCUT2D eigenvalue weighted by Crippen LogP contribution is 2.51. The second kappa shape index (κ2) is 10.6. The summed E-state index contributed by atoms with van der Waals surface area (Å²) >= 11 is 0. The molecule has 37 heavy (non-hydrogen) atoms. The zero-order chi connectivity index (χ0) is 26.9. The maximum absolute atomic E-state index is 11.3. The first-order valence-electron chi connectivity index (χ1n) is 12.3. The molecule has 8 nitrogen and oxygen atoms in total. The lowest BCUT2D eigenvalue weighted by Crippen LogP contribution is -2.17. The molecule has 0 radical (unpaired) electrons. The number of aliphatic hydroxyl groups excluding tert-OH is 1. The van der Waals surface area contributed by atoms with Gasteiger partial charge in [0.2, 0.25) is 18.4 Å². The van der Waals surface area contributed by atoms with Gasteiger partial charge in [0, 0.05) is 11.1 Å². The molecular formula is C28H35NO7Si. The van der Waals surface area contributed by atoms with E-state index in [2.05, 4.69) is 45.0 Å². The number of aliphatic hydroxyl groups is 1. The van der Waals surface area contributed by atoms with E-state index in [-0.39, 0.29) is 12.8 Å². The van der Waals surface area contributed by atoms with Gasteiger partial charge < -0.3 is 33.5 Å².